The lowest BCUT2D eigenvalue weighted by atomic mass is 9.47. The van der Waals surface area contributed by atoms with E-state index in [1.54, 1.807) is 25.7 Å². The molecule has 130 valence electrons. The van der Waals surface area contributed by atoms with E-state index in [2.05, 4.69) is 13.8 Å². The van der Waals surface area contributed by atoms with Crippen LogP contribution >= 0.6 is 0 Å². The second kappa shape index (κ2) is 5.75. The fraction of sp³-hybridized carbons (Fsp3) is 1.00. The van der Waals surface area contributed by atoms with Crippen molar-refractivity contribution in [2.24, 2.45) is 59.2 Å². The van der Waals surface area contributed by atoms with Gasteiger partial charge in [0.05, 0.1) is 0 Å². The van der Waals surface area contributed by atoms with Crippen LogP contribution in [0.4, 0.5) is 0 Å². The summed E-state index contributed by atoms with van der Waals surface area (Å²) in [4.78, 5) is 0. The average molecular weight is 317 g/mol. The van der Waals surface area contributed by atoms with E-state index in [4.69, 9.17) is 4.74 Å². The van der Waals surface area contributed by atoms with Crippen LogP contribution in [0, 0.1) is 59.2 Å². The third kappa shape index (κ3) is 2.35. The molecular formula is C22H36O. The van der Waals surface area contributed by atoms with Gasteiger partial charge < -0.3 is 4.74 Å². The Morgan fingerprint density at radius 1 is 0.565 bits per heavy atom. The molecule has 4 saturated carbocycles. The van der Waals surface area contributed by atoms with E-state index in [1.165, 1.54) is 25.7 Å². The quantitative estimate of drug-likeness (QED) is 0.582. The van der Waals surface area contributed by atoms with E-state index >= 15 is 0 Å². The Morgan fingerprint density at radius 2 is 0.957 bits per heavy atom. The maximum absolute atomic E-state index is 5.86. The summed E-state index contributed by atoms with van der Waals surface area (Å²) in [5.41, 5.74) is 0. The van der Waals surface area contributed by atoms with Gasteiger partial charge in [0, 0.05) is 13.2 Å². The van der Waals surface area contributed by atoms with Crippen LogP contribution in [0.15, 0.2) is 0 Å². The monoisotopic (exact) mass is 316 g/mol. The lowest BCUT2D eigenvalue weighted by molar-refractivity contribution is -0.0938. The van der Waals surface area contributed by atoms with Gasteiger partial charge in [0.1, 0.15) is 0 Å². The number of rotatable bonds is 0. The van der Waals surface area contributed by atoms with Crippen LogP contribution in [-0.4, -0.2) is 13.2 Å². The van der Waals surface area contributed by atoms with Crippen LogP contribution in [0.1, 0.15) is 65.2 Å². The zero-order chi connectivity index (χ0) is 15.6. The molecule has 1 heterocycles. The minimum absolute atomic E-state index is 0.911. The standard InChI is InChI=1S/C22H36O/c1-13-19-7-15-5-3-4-6-16(15)8-20(19)14(2)22-10-18-12-23-11-17(18)9-21(13)22/h13-22H,3-12H2,1-2H3. The van der Waals surface area contributed by atoms with Crippen LogP contribution in [0.3, 0.4) is 0 Å². The molecule has 0 aromatic heterocycles. The molecule has 10 atom stereocenters. The first-order valence-electron chi connectivity index (χ1n) is 10.8. The van der Waals surface area contributed by atoms with Gasteiger partial charge in [0.2, 0.25) is 0 Å². The highest BCUT2D eigenvalue weighted by molar-refractivity contribution is 5.02. The van der Waals surface area contributed by atoms with Gasteiger partial charge in [-0.2, -0.15) is 0 Å². The fourth-order valence-electron chi connectivity index (χ4n) is 8.22. The van der Waals surface area contributed by atoms with E-state index in [9.17, 15) is 0 Å². The Bertz CT molecular complexity index is 405. The fourth-order valence-corrected chi connectivity index (χ4v) is 8.22. The second-order valence-electron chi connectivity index (χ2n) is 10.2. The van der Waals surface area contributed by atoms with Crippen molar-refractivity contribution in [1.29, 1.82) is 0 Å². The number of hydrogen-bond acceptors (Lipinski definition) is 1. The van der Waals surface area contributed by atoms with Gasteiger partial charge in [-0.25, -0.2) is 0 Å². The second-order valence-corrected chi connectivity index (χ2v) is 10.2. The molecule has 0 aromatic carbocycles. The smallest absolute Gasteiger partial charge is 0.0498 e. The van der Waals surface area contributed by atoms with E-state index in [0.717, 1.165) is 72.4 Å². The van der Waals surface area contributed by atoms with Crippen molar-refractivity contribution in [3.8, 4) is 0 Å². The minimum Gasteiger partial charge on any atom is -0.381 e. The topological polar surface area (TPSA) is 9.23 Å². The summed E-state index contributed by atoms with van der Waals surface area (Å²) in [5.74, 6) is 10.2. The van der Waals surface area contributed by atoms with Crippen molar-refractivity contribution in [3.63, 3.8) is 0 Å². The van der Waals surface area contributed by atoms with Crippen LogP contribution in [-0.2, 0) is 4.74 Å². The molecule has 1 nitrogen and oxygen atoms in total. The lowest BCUT2D eigenvalue weighted by Crippen LogP contribution is -2.52. The SMILES string of the molecule is CC1C2CC3CCCCC3CC2C(C)C2CC3COCC3CC12. The molecule has 1 heteroatoms. The van der Waals surface area contributed by atoms with E-state index in [0.29, 0.717) is 0 Å². The zero-order valence-electron chi connectivity index (χ0n) is 15.3. The van der Waals surface area contributed by atoms with Crippen molar-refractivity contribution in [2.75, 3.05) is 13.2 Å². The van der Waals surface area contributed by atoms with Gasteiger partial charge in [-0.3, -0.25) is 0 Å². The van der Waals surface area contributed by atoms with Gasteiger partial charge >= 0.3 is 0 Å². The minimum atomic E-state index is 0.911. The average Bonchev–Trinajstić information content (AvgIpc) is 3.04. The Kier molecular flexibility index (Phi) is 3.81. The van der Waals surface area contributed by atoms with Crippen LogP contribution < -0.4 is 0 Å². The molecule has 5 aliphatic rings. The predicted molar refractivity (Wildman–Crippen MR) is 94.0 cm³/mol. The van der Waals surface area contributed by atoms with Crippen molar-refractivity contribution in [1.82, 2.24) is 0 Å². The molecule has 1 saturated heterocycles. The molecule has 0 aromatic rings. The molecule has 4 aliphatic carbocycles. The molecule has 0 radical (unpaired) electrons. The number of fused-ring (bicyclic) bond motifs is 4. The lowest BCUT2D eigenvalue weighted by Gasteiger charge is -2.58. The molecule has 0 bridgehead atoms. The highest BCUT2D eigenvalue weighted by atomic mass is 16.5. The maximum atomic E-state index is 5.86. The summed E-state index contributed by atoms with van der Waals surface area (Å²) in [5, 5.41) is 0. The summed E-state index contributed by atoms with van der Waals surface area (Å²) in [7, 11) is 0. The molecule has 10 unspecified atom stereocenters. The molecule has 23 heavy (non-hydrogen) atoms. The largest absolute Gasteiger partial charge is 0.381 e. The van der Waals surface area contributed by atoms with Gasteiger partial charge in [-0.1, -0.05) is 39.5 Å². The Hall–Kier alpha value is -0.0400. The molecular weight excluding hydrogens is 280 g/mol. The third-order valence-electron chi connectivity index (χ3n) is 9.50. The van der Waals surface area contributed by atoms with Crippen LogP contribution in [0.5, 0.6) is 0 Å². The molecule has 5 fully saturated rings. The van der Waals surface area contributed by atoms with E-state index in [-0.39, 0.29) is 0 Å². The first-order valence-corrected chi connectivity index (χ1v) is 10.8. The predicted octanol–water partition coefficient (Wildman–Crippen LogP) is 5.39. The van der Waals surface area contributed by atoms with Crippen molar-refractivity contribution < 1.29 is 4.74 Å². The Labute approximate surface area is 142 Å². The Morgan fingerprint density at radius 3 is 1.39 bits per heavy atom. The highest BCUT2D eigenvalue weighted by Crippen LogP contribution is 2.60. The first kappa shape index (κ1) is 15.2. The van der Waals surface area contributed by atoms with E-state index < -0.39 is 0 Å². The van der Waals surface area contributed by atoms with Gasteiger partial charge in [-0.15, -0.1) is 0 Å². The third-order valence-corrected chi connectivity index (χ3v) is 9.50. The van der Waals surface area contributed by atoms with Crippen molar-refractivity contribution in [3.05, 3.63) is 0 Å². The van der Waals surface area contributed by atoms with Crippen LogP contribution in [0.25, 0.3) is 0 Å². The van der Waals surface area contributed by atoms with Crippen LogP contribution in [0.2, 0.25) is 0 Å². The summed E-state index contributed by atoms with van der Waals surface area (Å²) >= 11 is 0. The van der Waals surface area contributed by atoms with Gasteiger partial charge in [0.25, 0.3) is 0 Å². The molecule has 0 amide bonds. The molecule has 0 N–H and O–H groups in total. The molecule has 5 rings (SSSR count). The Balaban J connectivity index is 1.40. The van der Waals surface area contributed by atoms with Gasteiger partial charge in [-0.05, 0) is 84.9 Å². The van der Waals surface area contributed by atoms with Crippen molar-refractivity contribution >= 4 is 0 Å². The summed E-state index contributed by atoms with van der Waals surface area (Å²) < 4.78 is 5.86. The highest BCUT2D eigenvalue weighted by Gasteiger charge is 2.54. The number of hydrogen-bond donors (Lipinski definition) is 0. The number of ether oxygens (including phenoxy) is 1. The van der Waals surface area contributed by atoms with E-state index in [1.807, 2.05) is 0 Å². The van der Waals surface area contributed by atoms with Gasteiger partial charge in [0.15, 0.2) is 0 Å². The summed E-state index contributed by atoms with van der Waals surface area (Å²) in [6.45, 7) is 7.46. The first-order chi connectivity index (χ1) is 11.2. The summed E-state index contributed by atoms with van der Waals surface area (Å²) in [6.07, 6.45) is 12.3. The van der Waals surface area contributed by atoms with Crippen molar-refractivity contribution in [2.45, 2.75) is 65.2 Å². The molecule has 0 spiro atoms. The molecule has 1 aliphatic heterocycles. The summed E-state index contributed by atoms with van der Waals surface area (Å²) in [6, 6.07) is 0. The normalized spacial score (nSPS) is 58.7. The zero-order valence-corrected chi connectivity index (χ0v) is 15.3. The maximum Gasteiger partial charge on any atom is 0.0498 e.